The Morgan fingerprint density at radius 1 is 0.542 bits per heavy atom. The molecule has 0 atom stereocenters. The quantitative estimate of drug-likeness (QED) is 0.189. The molecule has 1 N–H and O–H groups in total. The Bertz CT molecular complexity index is 2740. The molecule has 2 nitrogen and oxygen atoms in total. The summed E-state index contributed by atoms with van der Waals surface area (Å²) >= 11 is 0. The first-order valence-electron chi connectivity index (χ1n) is 17.5. The van der Waals surface area contributed by atoms with Crippen LogP contribution in [0.3, 0.4) is 0 Å². The molecule has 48 heavy (non-hydrogen) atoms. The van der Waals surface area contributed by atoms with Gasteiger partial charge in [0.15, 0.2) is 5.78 Å². The standard InChI is InChI=1S/C32H12.C14H20O2/c1-2-12-6-16-10-18-8-14-4-3-13-7-17-9-15-5-11(1)19-20(12)28-24(16)26(18)30-22(14)21(13)29-25(17)23(15)27(19)31(28)32(29)30;1-14(2,10-6-9-13(16)11-15)12-7-4-3-5-8-12/h1-8H,9-10H2;3-5,7-8,15H,6,9-11H2,1-2H3. The van der Waals surface area contributed by atoms with Crippen LogP contribution in [0.2, 0.25) is 0 Å². The number of Topliss-reactive ketones (excluding diaryl/α,β-unsaturated/α-hetero) is 1. The van der Waals surface area contributed by atoms with Crippen LogP contribution in [0.4, 0.5) is 0 Å². The summed E-state index contributed by atoms with van der Waals surface area (Å²) < 4.78 is 0. The molecule has 0 unspecified atom stereocenters. The Morgan fingerprint density at radius 2 is 0.917 bits per heavy atom. The highest BCUT2D eigenvalue weighted by molar-refractivity contribution is 6.59. The third-order valence-corrected chi connectivity index (χ3v) is 12.6. The van der Waals surface area contributed by atoms with Gasteiger partial charge in [0.2, 0.25) is 0 Å². The molecule has 228 valence electrons. The van der Waals surface area contributed by atoms with E-state index in [0.717, 1.165) is 25.7 Å². The maximum Gasteiger partial charge on any atom is 0.158 e. The first-order chi connectivity index (χ1) is 23.4. The fraction of sp³-hybridized carbons (Fsp3) is 0.196. The summed E-state index contributed by atoms with van der Waals surface area (Å²) in [6.45, 7) is 4.04. The molecule has 0 fully saturated rings. The van der Waals surface area contributed by atoms with E-state index in [1.165, 1.54) is 48.7 Å². The molecule has 2 heteroatoms. The predicted molar refractivity (Wildman–Crippen MR) is 202 cm³/mol. The van der Waals surface area contributed by atoms with Crippen molar-refractivity contribution in [2.45, 2.75) is 51.4 Å². The van der Waals surface area contributed by atoms with Crippen molar-refractivity contribution < 1.29 is 9.90 Å². The average molecular weight is 617 g/mol. The van der Waals surface area contributed by atoms with Gasteiger partial charge in [0, 0.05) is 6.42 Å². The van der Waals surface area contributed by atoms with Crippen LogP contribution in [-0.2, 0) is 23.1 Å². The molecule has 0 aromatic heterocycles. The monoisotopic (exact) mass is 616 g/mol. The molecule has 0 amide bonds. The van der Waals surface area contributed by atoms with Gasteiger partial charge in [-0.3, -0.25) is 4.79 Å². The van der Waals surface area contributed by atoms with E-state index in [1.807, 2.05) is 18.2 Å². The van der Waals surface area contributed by atoms with Gasteiger partial charge in [0.05, 0.1) is 0 Å². The highest BCUT2D eigenvalue weighted by atomic mass is 16.3. The zero-order valence-electron chi connectivity index (χ0n) is 27.1. The Morgan fingerprint density at radius 3 is 1.29 bits per heavy atom. The third-order valence-electron chi connectivity index (χ3n) is 12.6. The van der Waals surface area contributed by atoms with Crippen molar-refractivity contribution in [3.8, 4) is 0 Å². The molecule has 0 bridgehead atoms. The Labute approximate surface area is 276 Å². The highest BCUT2D eigenvalue weighted by Gasteiger charge is 2.36. The van der Waals surface area contributed by atoms with E-state index in [0.29, 0.717) is 6.42 Å². The van der Waals surface area contributed by atoms with E-state index < -0.39 is 0 Å². The minimum absolute atomic E-state index is 0.0659. The topological polar surface area (TPSA) is 37.3 Å². The van der Waals surface area contributed by atoms with Crippen LogP contribution >= 0.6 is 0 Å². The van der Waals surface area contributed by atoms with Crippen molar-refractivity contribution in [1.29, 1.82) is 0 Å². The third kappa shape index (κ3) is 2.83. The summed E-state index contributed by atoms with van der Waals surface area (Å²) in [4.78, 5) is 11.0. The molecule has 2 aliphatic carbocycles. The predicted octanol–water partition coefficient (Wildman–Crippen LogP) is 11.2. The SMILES string of the molecule is CC(C)(CCCC(=O)CO)c1ccccc1.c1cc2cc3c4c5c(cc6ccc7cc8c9c%10c(cc1c1c2c4c(c%101)c1c9c7c6c51)C8)C3. The van der Waals surface area contributed by atoms with Gasteiger partial charge in [-0.2, -0.15) is 0 Å². The zero-order valence-corrected chi connectivity index (χ0v) is 27.1. The van der Waals surface area contributed by atoms with E-state index in [1.54, 1.807) is 76.1 Å². The van der Waals surface area contributed by atoms with E-state index >= 15 is 0 Å². The molecule has 13 rings (SSSR count). The van der Waals surface area contributed by atoms with Gasteiger partial charge in [-0.15, -0.1) is 0 Å². The number of hydrogen-bond donors (Lipinski definition) is 1. The van der Waals surface area contributed by atoms with E-state index in [4.69, 9.17) is 5.11 Å². The fourth-order valence-corrected chi connectivity index (χ4v) is 10.7. The maximum atomic E-state index is 11.0. The van der Waals surface area contributed by atoms with Crippen molar-refractivity contribution in [3.05, 3.63) is 107 Å². The summed E-state index contributed by atoms with van der Waals surface area (Å²) in [6, 6.07) is 29.9. The Hall–Kier alpha value is -5.05. The van der Waals surface area contributed by atoms with Crippen molar-refractivity contribution in [3.63, 3.8) is 0 Å². The summed E-state index contributed by atoms with van der Waals surface area (Å²) in [5.41, 5.74) is 7.57. The zero-order chi connectivity index (χ0) is 31.8. The number of carbonyl (C=O) groups is 1. The molecule has 0 saturated heterocycles. The van der Waals surface area contributed by atoms with Gasteiger partial charge < -0.3 is 5.11 Å². The second kappa shape index (κ2) is 8.32. The van der Waals surface area contributed by atoms with Crippen LogP contribution < -0.4 is 0 Å². The second-order valence-electron chi connectivity index (χ2n) is 15.6. The number of hydrogen-bond acceptors (Lipinski definition) is 2. The van der Waals surface area contributed by atoms with Crippen LogP contribution in [0.15, 0.2) is 78.9 Å². The lowest BCUT2D eigenvalue weighted by Crippen LogP contribution is -2.17. The lowest BCUT2D eigenvalue weighted by molar-refractivity contribution is -0.121. The number of benzene rings is 9. The van der Waals surface area contributed by atoms with Gasteiger partial charge >= 0.3 is 0 Å². The van der Waals surface area contributed by atoms with Crippen molar-refractivity contribution >= 4 is 103 Å². The van der Waals surface area contributed by atoms with Crippen molar-refractivity contribution in [2.24, 2.45) is 0 Å². The molecule has 11 aromatic carbocycles. The average Bonchev–Trinajstić information content (AvgIpc) is 3.84. The first-order valence-corrected chi connectivity index (χ1v) is 17.5. The van der Waals surface area contributed by atoms with Crippen LogP contribution in [0.1, 0.15) is 60.9 Å². The molecule has 0 spiro atoms. The summed E-state index contributed by atoms with van der Waals surface area (Å²) in [5.74, 6) is -0.0659. The molecule has 0 saturated carbocycles. The van der Waals surface area contributed by atoms with E-state index in [9.17, 15) is 4.79 Å². The van der Waals surface area contributed by atoms with Crippen LogP contribution in [0.25, 0.3) is 97.0 Å². The summed E-state index contributed by atoms with van der Waals surface area (Å²) in [7, 11) is 0. The number of aliphatic hydroxyl groups is 1. The molecule has 0 aliphatic heterocycles. The molecule has 0 heterocycles. The van der Waals surface area contributed by atoms with Gasteiger partial charge in [-0.1, -0.05) is 92.7 Å². The van der Waals surface area contributed by atoms with Crippen LogP contribution in [0, 0.1) is 0 Å². The molecular weight excluding hydrogens is 585 g/mol. The second-order valence-corrected chi connectivity index (χ2v) is 15.6. The van der Waals surface area contributed by atoms with Gasteiger partial charge in [0.25, 0.3) is 0 Å². The smallest absolute Gasteiger partial charge is 0.158 e. The fourth-order valence-electron chi connectivity index (χ4n) is 10.7. The van der Waals surface area contributed by atoms with E-state index in [-0.39, 0.29) is 17.8 Å². The lowest BCUT2D eigenvalue weighted by atomic mass is 9.80. The van der Waals surface area contributed by atoms with Gasteiger partial charge in [-0.05, 0) is 156 Å². The van der Waals surface area contributed by atoms with Crippen LogP contribution in [-0.4, -0.2) is 17.5 Å². The molecular formula is C46H32O2. The minimum Gasteiger partial charge on any atom is -0.389 e. The number of ketones is 1. The molecule has 0 radical (unpaired) electrons. The molecule has 2 aliphatic rings. The van der Waals surface area contributed by atoms with Crippen molar-refractivity contribution in [1.82, 2.24) is 0 Å². The summed E-state index contributed by atoms with van der Waals surface area (Å²) in [6.07, 6.45) is 4.43. The van der Waals surface area contributed by atoms with Crippen LogP contribution in [0.5, 0.6) is 0 Å². The normalized spacial score (nSPS) is 14.4. The van der Waals surface area contributed by atoms with Crippen molar-refractivity contribution in [2.75, 3.05) is 6.61 Å². The minimum atomic E-state index is -0.328. The van der Waals surface area contributed by atoms with Gasteiger partial charge in [0.1, 0.15) is 6.61 Å². The summed E-state index contributed by atoms with van der Waals surface area (Å²) in [5, 5.41) is 36.3. The number of carbonyl (C=O) groups excluding carboxylic acids is 1. The maximum absolute atomic E-state index is 11.0. The number of aliphatic hydroxyl groups excluding tert-OH is 1. The van der Waals surface area contributed by atoms with E-state index in [2.05, 4.69) is 74.5 Å². The lowest BCUT2D eigenvalue weighted by Gasteiger charge is -2.25. The number of rotatable bonds is 6. The largest absolute Gasteiger partial charge is 0.389 e. The Kier molecular flexibility index (Phi) is 4.50. The Balaban J connectivity index is 0.000000145. The highest BCUT2D eigenvalue weighted by Crippen LogP contribution is 2.62. The van der Waals surface area contributed by atoms with Gasteiger partial charge in [-0.25, -0.2) is 0 Å². The first kappa shape index (κ1) is 26.0. The molecule has 11 aromatic rings.